The number of anilines is 1. The number of thiophene rings is 1. The first kappa shape index (κ1) is 18.3. The van der Waals surface area contributed by atoms with E-state index in [0.29, 0.717) is 16.0 Å². The van der Waals surface area contributed by atoms with Gasteiger partial charge in [0.1, 0.15) is 22.0 Å². The topological polar surface area (TPSA) is 118 Å². The van der Waals surface area contributed by atoms with Crippen LogP contribution in [0.15, 0.2) is 20.3 Å². The molecule has 3 rings (SSSR count). The first-order chi connectivity index (χ1) is 12.4. The van der Waals surface area contributed by atoms with Crippen molar-refractivity contribution < 1.29 is 23.5 Å². The first-order valence-corrected chi connectivity index (χ1v) is 9.16. The van der Waals surface area contributed by atoms with E-state index in [9.17, 15) is 9.59 Å². The van der Waals surface area contributed by atoms with Gasteiger partial charge in [0.15, 0.2) is 12.4 Å². The number of fused-ring (bicyclic) bond motifs is 1. The molecule has 0 aromatic carbocycles. The Morgan fingerprint density at radius 2 is 2.04 bits per heavy atom. The maximum Gasteiger partial charge on any atom is 0.348 e. The van der Waals surface area contributed by atoms with E-state index in [2.05, 4.69) is 25.9 Å². The lowest BCUT2D eigenvalue weighted by Crippen LogP contribution is -2.09. The maximum absolute atomic E-state index is 12.1. The minimum atomic E-state index is -0.554. The van der Waals surface area contributed by atoms with Crippen LogP contribution in [0.3, 0.4) is 0 Å². The van der Waals surface area contributed by atoms with E-state index in [1.54, 1.807) is 26.0 Å². The van der Waals surface area contributed by atoms with Gasteiger partial charge < -0.3 is 19.6 Å². The predicted octanol–water partition coefficient (Wildman–Crippen LogP) is 3.47. The van der Waals surface area contributed by atoms with E-state index < -0.39 is 11.9 Å². The van der Waals surface area contributed by atoms with E-state index in [4.69, 9.17) is 19.6 Å². The van der Waals surface area contributed by atoms with Crippen LogP contribution in [0.1, 0.15) is 38.5 Å². The van der Waals surface area contributed by atoms with E-state index in [0.717, 1.165) is 3.79 Å². The summed E-state index contributed by atoms with van der Waals surface area (Å²) in [7, 11) is 0. The summed E-state index contributed by atoms with van der Waals surface area (Å²) >= 11 is 4.54. The van der Waals surface area contributed by atoms with Crippen molar-refractivity contribution in [3.8, 4) is 0 Å². The van der Waals surface area contributed by atoms with Gasteiger partial charge in [-0.25, -0.2) is 14.6 Å². The number of nitrogens with two attached hydrogens (primary N) is 1. The molecule has 0 aliphatic carbocycles. The van der Waals surface area contributed by atoms with Crippen molar-refractivity contribution in [1.82, 2.24) is 9.97 Å². The molecule has 0 atom stereocenters. The number of carbonyl (C=O) groups is 2. The van der Waals surface area contributed by atoms with Crippen molar-refractivity contribution in [2.75, 3.05) is 12.3 Å². The lowest BCUT2D eigenvalue weighted by molar-refractivity contribution is 0.0467. The normalized spacial score (nSPS) is 10.9. The Balaban J connectivity index is 1.85. The third-order valence-electron chi connectivity index (χ3n) is 3.39. The fraction of sp³-hybridized carbons (Fsp3) is 0.250. The standard InChI is InChI=1S/C16H14BrN3O5S/c1-3-23-16(22)11-7(2)25-14-12(11)13(18)19-10(20-14)6-24-15(21)8-4-5-9(17)26-8/h4-5H,3,6H2,1-2H3,(H2,18,19,20). The van der Waals surface area contributed by atoms with E-state index in [1.807, 2.05) is 0 Å². The highest BCUT2D eigenvalue weighted by molar-refractivity contribution is 9.11. The zero-order chi connectivity index (χ0) is 18.8. The highest BCUT2D eigenvalue weighted by atomic mass is 79.9. The van der Waals surface area contributed by atoms with Crippen LogP contribution in [0.2, 0.25) is 0 Å². The molecule has 0 aliphatic heterocycles. The molecular formula is C16H14BrN3O5S. The summed E-state index contributed by atoms with van der Waals surface area (Å²) in [5, 5.41) is 0.290. The number of hydrogen-bond acceptors (Lipinski definition) is 9. The third kappa shape index (κ3) is 3.56. The molecule has 3 aromatic rings. The van der Waals surface area contributed by atoms with Gasteiger partial charge in [-0.2, -0.15) is 4.98 Å². The number of halogens is 1. The summed E-state index contributed by atoms with van der Waals surface area (Å²) < 4.78 is 16.5. The quantitative estimate of drug-likeness (QED) is 0.600. The van der Waals surface area contributed by atoms with Gasteiger partial charge in [0, 0.05) is 0 Å². The second kappa shape index (κ2) is 7.42. The monoisotopic (exact) mass is 439 g/mol. The Labute approximate surface area is 160 Å². The molecule has 0 bridgehead atoms. The number of aryl methyl sites for hydroxylation is 1. The van der Waals surface area contributed by atoms with Gasteiger partial charge in [-0.3, -0.25) is 0 Å². The Morgan fingerprint density at radius 3 is 2.69 bits per heavy atom. The van der Waals surface area contributed by atoms with Crippen LogP contribution in [0.5, 0.6) is 0 Å². The maximum atomic E-state index is 12.1. The summed E-state index contributed by atoms with van der Waals surface area (Å²) in [6.07, 6.45) is 0. The zero-order valence-corrected chi connectivity index (χ0v) is 16.3. The number of carbonyl (C=O) groups excluding carboxylic acids is 2. The average Bonchev–Trinajstić information content (AvgIpc) is 3.16. The molecule has 0 amide bonds. The van der Waals surface area contributed by atoms with Crippen molar-refractivity contribution in [2.24, 2.45) is 0 Å². The molecule has 2 N–H and O–H groups in total. The lowest BCUT2D eigenvalue weighted by atomic mass is 10.2. The van der Waals surface area contributed by atoms with Gasteiger partial charge in [0.25, 0.3) is 0 Å². The number of ether oxygens (including phenoxy) is 2. The van der Waals surface area contributed by atoms with Gasteiger partial charge in [-0.1, -0.05) is 0 Å². The lowest BCUT2D eigenvalue weighted by Gasteiger charge is -2.04. The number of hydrogen-bond donors (Lipinski definition) is 1. The second-order valence-electron chi connectivity index (χ2n) is 5.14. The fourth-order valence-electron chi connectivity index (χ4n) is 2.32. The van der Waals surface area contributed by atoms with Gasteiger partial charge in [0.2, 0.25) is 5.71 Å². The van der Waals surface area contributed by atoms with Gasteiger partial charge in [0.05, 0.1) is 15.8 Å². The van der Waals surface area contributed by atoms with Gasteiger partial charge in [-0.15, -0.1) is 11.3 Å². The molecule has 10 heteroatoms. The summed E-state index contributed by atoms with van der Waals surface area (Å²) in [4.78, 5) is 32.8. The SMILES string of the molecule is CCOC(=O)c1c(C)oc2nc(COC(=O)c3ccc(Br)s3)nc(N)c12. The highest BCUT2D eigenvalue weighted by Gasteiger charge is 2.24. The minimum absolute atomic E-state index is 0.0554. The smallest absolute Gasteiger partial charge is 0.348 e. The number of nitrogens with zero attached hydrogens (tertiary/aromatic N) is 2. The van der Waals surface area contributed by atoms with Crippen molar-refractivity contribution in [3.63, 3.8) is 0 Å². The number of esters is 2. The first-order valence-electron chi connectivity index (χ1n) is 7.55. The number of rotatable bonds is 5. The summed E-state index contributed by atoms with van der Waals surface area (Å²) in [5.74, 6) is -0.493. The molecule has 26 heavy (non-hydrogen) atoms. The van der Waals surface area contributed by atoms with Gasteiger partial charge in [-0.05, 0) is 41.9 Å². The molecule has 0 saturated carbocycles. The van der Waals surface area contributed by atoms with E-state index in [1.165, 1.54) is 11.3 Å². The molecule has 136 valence electrons. The van der Waals surface area contributed by atoms with Gasteiger partial charge >= 0.3 is 11.9 Å². The van der Waals surface area contributed by atoms with Crippen LogP contribution in [0, 0.1) is 6.92 Å². The minimum Gasteiger partial charge on any atom is -0.462 e. The molecule has 3 aromatic heterocycles. The molecule has 0 saturated heterocycles. The summed E-state index contributed by atoms with van der Waals surface area (Å²) in [5.41, 5.74) is 6.30. The van der Waals surface area contributed by atoms with Crippen molar-refractivity contribution in [3.05, 3.63) is 37.9 Å². The Kier molecular flexibility index (Phi) is 5.23. The van der Waals surface area contributed by atoms with Crippen molar-refractivity contribution in [1.29, 1.82) is 0 Å². The van der Waals surface area contributed by atoms with Crippen LogP contribution in [0.25, 0.3) is 11.1 Å². The van der Waals surface area contributed by atoms with E-state index >= 15 is 0 Å². The van der Waals surface area contributed by atoms with Crippen LogP contribution in [-0.4, -0.2) is 28.5 Å². The Morgan fingerprint density at radius 1 is 1.27 bits per heavy atom. The Hall–Kier alpha value is -2.46. The Bertz CT molecular complexity index is 997. The largest absolute Gasteiger partial charge is 0.462 e. The molecule has 0 aliphatic rings. The van der Waals surface area contributed by atoms with Crippen LogP contribution < -0.4 is 5.73 Å². The molecular weight excluding hydrogens is 426 g/mol. The zero-order valence-electron chi connectivity index (χ0n) is 13.9. The van der Waals surface area contributed by atoms with Crippen molar-refractivity contribution in [2.45, 2.75) is 20.5 Å². The van der Waals surface area contributed by atoms with Crippen LogP contribution in [0.4, 0.5) is 5.82 Å². The molecule has 0 radical (unpaired) electrons. The second-order valence-corrected chi connectivity index (χ2v) is 7.60. The molecule has 0 fully saturated rings. The highest BCUT2D eigenvalue weighted by Crippen LogP contribution is 2.29. The fourth-order valence-corrected chi connectivity index (χ4v) is 3.60. The molecule has 3 heterocycles. The average molecular weight is 440 g/mol. The molecule has 8 nitrogen and oxygen atoms in total. The third-order valence-corrected chi connectivity index (χ3v) is 4.99. The van der Waals surface area contributed by atoms with Crippen LogP contribution in [-0.2, 0) is 16.1 Å². The number of furan rings is 1. The number of aromatic nitrogens is 2. The summed E-state index contributed by atoms with van der Waals surface area (Å²) in [6.45, 7) is 3.36. The van der Waals surface area contributed by atoms with Crippen LogP contribution >= 0.6 is 27.3 Å². The molecule has 0 unspecified atom stereocenters. The molecule has 0 spiro atoms. The van der Waals surface area contributed by atoms with Crippen molar-refractivity contribution >= 4 is 56.1 Å². The van der Waals surface area contributed by atoms with E-state index in [-0.39, 0.29) is 36.1 Å². The number of nitrogen functional groups attached to an aromatic ring is 1. The summed E-state index contributed by atoms with van der Waals surface area (Å²) in [6, 6.07) is 3.40. The predicted molar refractivity (Wildman–Crippen MR) is 98.0 cm³/mol.